The Labute approximate surface area is 109 Å². The Bertz CT molecular complexity index is 582. The normalized spacial score (nSPS) is 10.5. The summed E-state index contributed by atoms with van der Waals surface area (Å²) in [4.78, 5) is 13.5. The zero-order chi connectivity index (χ0) is 14.0. The van der Waals surface area contributed by atoms with E-state index in [1.54, 1.807) is 18.9 Å². The average molecular weight is 265 g/mol. The van der Waals surface area contributed by atoms with E-state index in [4.69, 9.17) is 5.73 Å². The van der Waals surface area contributed by atoms with Gasteiger partial charge >= 0.3 is 0 Å². The van der Waals surface area contributed by atoms with Crippen LogP contribution in [0.4, 0.5) is 20.7 Å². The third-order valence-electron chi connectivity index (χ3n) is 2.52. The van der Waals surface area contributed by atoms with Crippen LogP contribution in [0.2, 0.25) is 0 Å². The molecule has 0 amide bonds. The summed E-state index contributed by atoms with van der Waals surface area (Å²) in [6.07, 6.45) is 0. The molecular weight excluding hydrogens is 252 g/mol. The molecule has 7 heteroatoms. The highest BCUT2D eigenvalue weighted by Crippen LogP contribution is 2.15. The van der Waals surface area contributed by atoms with Crippen LogP contribution in [0.3, 0.4) is 0 Å². The maximum atomic E-state index is 13.5. The predicted octanol–water partition coefficient (Wildman–Crippen LogP) is 1.68. The smallest absolute Gasteiger partial charge is 0.230 e. The summed E-state index contributed by atoms with van der Waals surface area (Å²) in [6, 6.07) is 3.44. The second kappa shape index (κ2) is 5.13. The summed E-state index contributed by atoms with van der Waals surface area (Å²) in [7, 11) is 1.69. The molecule has 0 saturated heterocycles. The van der Waals surface area contributed by atoms with Gasteiger partial charge in [0.2, 0.25) is 11.9 Å². The molecule has 0 atom stereocenters. The summed E-state index contributed by atoms with van der Waals surface area (Å²) in [6.45, 7) is 1.89. The molecule has 0 aliphatic heterocycles. The van der Waals surface area contributed by atoms with E-state index < -0.39 is 11.6 Å². The van der Waals surface area contributed by atoms with Crippen molar-refractivity contribution in [2.45, 2.75) is 13.5 Å². The average Bonchev–Trinajstić information content (AvgIpc) is 2.31. The van der Waals surface area contributed by atoms with E-state index in [0.717, 1.165) is 6.07 Å². The van der Waals surface area contributed by atoms with Gasteiger partial charge in [0.15, 0.2) is 0 Å². The number of benzene rings is 1. The fourth-order valence-corrected chi connectivity index (χ4v) is 1.63. The molecular formula is C12H13F2N5. The Kier molecular flexibility index (Phi) is 3.55. The first-order valence-electron chi connectivity index (χ1n) is 5.59. The molecule has 0 aliphatic carbocycles. The lowest BCUT2D eigenvalue weighted by Crippen LogP contribution is -2.21. The molecule has 5 nitrogen and oxygen atoms in total. The van der Waals surface area contributed by atoms with Crippen molar-refractivity contribution in [3.8, 4) is 0 Å². The van der Waals surface area contributed by atoms with Gasteiger partial charge in [0, 0.05) is 25.2 Å². The fraction of sp³-hybridized carbons (Fsp3) is 0.250. The summed E-state index contributed by atoms with van der Waals surface area (Å²) < 4.78 is 26.4. The molecule has 0 unspecified atom stereocenters. The number of anilines is 2. The summed E-state index contributed by atoms with van der Waals surface area (Å²) >= 11 is 0. The predicted molar refractivity (Wildman–Crippen MR) is 67.4 cm³/mol. The van der Waals surface area contributed by atoms with Gasteiger partial charge in [-0.3, -0.25) is 0 Å². The number of hydrogen-bond acceptors (Lipinski definition) is 5. The minimum absolute atomic E-state index is 0.105. The minimum atomic E-state index is -0.607. The van der Waals surface area contributed by atoms with Gasteiger partial charge in [-0.05, 0) is 13.0 Å². The van der Waals surface area contributed by atoms with Crippen LogP contribution >= 0.6 is 0 Å². The number of hydrogen-bond donors (Lipinski definition) is 1. The van der Waals surface area contributed by atoms with Crippen LogP contribution in [0.25, 0.3) is 0 Å². The number of aromatic nitrogens is 3. The Morgan fingerprint density at radius 1 is 1.21 bits per heavy atom. The van der Waals surface area contributed by atoms with Crippen molar-refractivity contribution in [1.29, 1.82) is 0 Å². The molecule has 0 radical (unpaired) electrons. The van der Waals surface area contributed by atoms with Gasteiger partial charge in [-0.1, -0.05) is 6.07 Å². The lowest BCUT2D eigenvalue weighted by Gasteiger charge is -2.17. The van der Waals surface area contributed by atoms with Crippen LogP contribution in [0.1, 0.15) is 11.4 Å². The Morgan fingerprint density at radius 3 is 2.58 bits per heavy atom. The highest BCUT2D eigenvalue weighted by Gasteiger charge is 2.11. The van der Waals surface area contributed by atoms with Crippen molar-refractivity contribution < 1.29 is 8.78 Å². The van der Waals surface area contributed by atoms with E-state index in [0.29, 0.717) is 17.3 Å². The Hall–Kier alpha value is -2.31. The van der Waals surface area contributed by atoms with Crippen LogP contribution in [0.5, 0.6) is 0 Å². The SMILES string of the molecule is Cc1nc(N)nc(N(C)Cc2ccc(F)cc2F)n1. The molecule has 0 bridgehead atoms. The van der Waals surface area contributed by atoms with Crippen LogP contribution in [-0.4, -0.2) is 22.0 Å². The van der Waals surface area contributed by atoms with Crippen molar-refractivity contribution in [1.82, 2.24) is 15.0 Å². The number of aryl methyl sites for hydroxylation is 1. The zero-order valence-electron chi connectivity index (χ0n) is 10.6. The number of nitrogens with zero attached hydrogens (tertiary/aromatic N) is 4. The topological polar surface area (TPSA) is 67.9 Å². The first-order chi connectivity index (χ1) is 8.95. The quantitative estimate of drug-likeness (QED) is 0.914. The van der Waals surface area contributed by atoms with Crippen LogP contribution < -0.4 is 10.6 Å². The van der Waals surface area contributed by atoms with Crippen LogP contribution in [0, 0.1) is 18.6 Å². The number of halogens is 2. The molecule has 100 valence electrons. The lowest BCUT2D eigenvalue weighted by molar-refractivity contribution is 0.570. The van der Waals surface area contributed by atoms with Gasteiger partial charge in [0.25, 0.3) is 0 Å². The highest BCUT2D eigenvalue weighted by atomic mass is 19.1. The van der Waals surface area contributed by atoms with Gasteiger partial charge in [0.1, 0.15) is 17.5 Å². The molecule has 1 heterocycles. The van der Waals surface area contributed by atoms with Gasteiger partial charge in [-0.25, -0.2) is 8.78 Å². The molecule has 2 rings (SSSR count). The second-order valence-electron chi connectivity index (χ2n) is 4.13. The van der Waals surface area contributed by atoms with Gasteiger partial charge in [-0.2, -0.15) is 15.0 Å². The molecule has 2 aromatic rings. The Morgan fingerprint density at radius 2 is 1.95 bits per heavy atom. The maximum Gasteiger partial charge on any atom is 0.230 e. The van der Waals surface area contributed by atoms with Gasteiger partial charge in [0.05, 0.1) is 0 Å². The lowest BCUT2D eigenvalue weighted by atomic mass is 10.2. The van der Waals surface area contributed by atoms with E-state index >= 15 is 0 Å². The van der Waals surface area contributed by atoms with Crippen LogP contribution in [0.15, 0.2) is 18.2 Å². The largest absolute Gasteiger partial charge is 0.368 e. The van der Waals surface area contributed by atoms with Crippen molar-refractivity contribution in [3.05, 3.63) is 41.2 Å². The van der Waals surface area contributed by atoms with Gasteiger partial charge < -0.3 is 10.6 Å². The van der Waals surface area contributed by atoms with Crippen molar-refractivity contribution >= 4 is 11.9 Å². The molecule has 0 aliphatic rings. The molecule has 0 saturated carbocycles. The summed E-state index contributed by atoms with van der Waals surface area (Å²) in [5.74, 6) is -0.286. The standard InChI is InChI=1S/C12H13F2N5/c1-7-16-11(15)18-12(17-7)19(2)6-8-3-4-9(13)5-10(8)14/h3-5H,6H2,1-2H3,(H2,15,16,17,18). The van der Waals surface area contributed by atoms with E-state index in [1.807, 2.05) is 0 Å². The molecule has 1 aromatic heterocycles. The number of nitrogen functional groups attached to an aromatic ring is 1. The first-order valence-corrected chi connectivity index (χ1v) is 5.59. The fourth-order valence-electron chi connectivity index (χ4n) is 1.63. The Balaban J connectivity index is 2.22. The zero-order valence-corrected chi connectivity index (χ0v) is 10.6. The summed E-state index contributed by atoms with van der Waals surface area (Å²) in [5.41, 5.74) is 5.88. The number of rotatable bonds is 3. The monoisotopic (exact) mass is 265 g/mol. The molecule has 0 fully saturated rings. The third-order valence-corrected chi connectivity index (χ3v) is 2.52. The van der Waals surface area contributed by atoms with Crippen LogP contribution in [-0.2, 0) is 6.54 Å². The highest BCUT2D eigenvalue weighted by molar-refractivity contribution is 5.35. The molecule has 19 heavy (non-hydrogen) atoms. The van der Waals surface area contributed by atoms with E-state index in [2.05, 4.69) is 15.0 Å². The van der Waals surface area contributed by atoms with Crippen molar-refractivity contribution in [2.75, 3.05) is 17.7 Å². The van der Waals surface area contributed by atoms with Crippen molar-refractivity contribution in [2.24, 2.45) is 0 Å². The number of nitrogens with two attached hydrogens (primary N) is 1. The third kappa shape index (κ3) is 3.12. The molecule has 1 aromatic carbocycles. The molecule has 0 spiro atoms. The van der Waals surface area contributed by atoms with Crippen molar-refractivity contribution in [3.63, 3.8) is 0 Å². The second-order valence-corrected chi connectivity index (χ2v) is 4.13. The summed E-state index contributed by atoms with van der Waals surface area (Å²) in [5, 5.41) is 0. The van der Waals surface area contributed by atoms with E-state index in [9.17, 15) is 8.78 Å². The van der Waals surface area contributed by atoms with E-state index in [-0.39, 0.29) is 12.5 Å². The van der Waals surface area contributed by atoms with Gasteiger partial charge in [-0.15, -0.1) is 0 Å². The minimum Gasteiger partial charge on any atom is -0.368 e. The van der Waals surface area contributed by atoms with E-state index in [1.165, 1.54) is 12.1 Å². The first kappa shape index (κ1) is 13.1. The maximum absolute atomic E-state index is 13.5. The molecule has 2 N–H and O–H groups in total.